The van der Waals surface area contributed by atoms with Gasteiger partial charge in [0, 0.05) is 43.5 Å². The van der Waals surface area contributed by atoms with Crippen molar-refractivity contribution in [3.8, 4) is 5.75 Å². The maximum absolute atomic E-state index is 14.0. The van der Waals surface area contributed by atoms with E-state index in [1.54, 1.807) is 27.0 Å². The second kappa shape index (κ2) is 8.18. The molecule has 0 spiro atoms. The molecule has 1 aromatic rings. The van der Waals surface area contributed by atoms with Gasteiger partial charge < -0.3 is 26.2 Å². The predicted molar refractivity (Wildman–Crippen MR) is 101 cm³/mol. The van der Waals surface area contributed by atoms with Gasteiger partial charge in [-0.2, -0.15) is 0 Å². The minimum absolute atomic E-state index is 0.0220. The first-order valence-electron chi connectivity index (χ1n) is 8.44. The number of nitrogens with zero attached hydrogens (tertiary/aromatic N) is 2. The molecule has 1 heterocycles. The van der Waals surface area contributed by atoms with E-state index in [0.717, 1.165) is 6.07 Å². The van der Waals surface area contributed by atoms with Crippen LogP contribution in [-0.4, -0.2) is 53.9 Å². The third-order valence-corrected chi connectivity index (χ3v) is 4.03. The summed E-state index contributed by atoms with van der Waals surface area (Å²) in [6.07, 6.45) is 1.60. The summed E-state index contributed by atoms with van der Waals surface area (Å²) >= 11 is 0. The fourth-order valence-corrected chi connectivity index (χ4v) is 2.74. The number of halogens is 1. The molecule has 7 nitrogen and oxygen atoms in total. The smallest absolute Gasteiger partial charge is 0.167 e. The first-order chi connectivity index (χ1) is 12.2. The zero-order valence-corrected chi connectivity index (χ0v) is 15.3. The van der Waals surface area contributed by atoms with Crippen molar-refractivity contribution in [3.05, 3.63) is 35.3 Å². The number of likely N-dealkylation sites (tertiary alicyclic amines) is 1. The molecule has 0 aliphatic carbocycles. The molecule has 1 atom stereocenters. The van der Waals surface area contributed by atoms with Crippen LogP contribution in [0.2, 0.25) is 0 Å². The number of amidine groups is 1. The van der Waals surface area contributed by atoms with Gasteiger partial charge in [0.25, 0.3) is 0 Å². The number of allylic oxidation sites excluding steroid dienone is 1. The number of hydrogen-bond donors (Lipinski definition) is 4. The molecule has 1 aromatic carbocycles. The van der Waals surface area contributed by atoms with Crippen LogP contribution in [0.15, 0.2) is 28.9 Å². The average Bonchev–Trinajstić information content (AvgIpc) is 3.00. The Labute approximate surface area is 152 Å². The second-order valence-electron chi connectivity index (χ2n) is 6.48. The van der Waals surface area contributed by atoms with Crippen molar-refractivity contribution >= 4 is 17.2 Å². The van der Waals surface area contributed by atoms with Crippen molar-refractivity contribution in [1.29, 1.82) is 5.41 Å². The molecule has 8 heteroatoms. The zero-order chi connectivity index (χ0) is 19.4. The van der Waals surface area contributed by atoms with Gasteiger partial charge in [-0.25, -0.2) is 4.39 Å². The Balaban J connectivity index is 2.29. The van der Waals surface area contributed by atoms with Crippen molar-refractivity contribution in [2.75, 3.05) is 25.9 Å². The number of rotatable bonds is 5. The molecule has 0 amide bonds. The van der Waals surface area contributed by atoms with Crippen molar-refractivity contribution < 1.29 is 14.2 Å². The summed E-state index contributed by atoms with van der Waals surface area (Å²) < 4.78 is 19.4. The van der Waals surface area contributed by atoms with Crippen molar-refractivity contribution in [1.82, 2.24) is 4.90 Å². The number of benzene rings is 1. The molecule has 26 heavy (non-hydrogen) atoms. The van der Waals surface area contributed by atoms with Crippen LogP contribution in [0.3, 0.4) is 0 Å². The second-order valence-corrected chi connectivity index (χ2v) is 6.48. The molecule has 0 saturated carbocycles. The van der Waals surface area contributed by atoms with Gasteiger partial charge in [-0.15, -0.1) is 0 Å². The molecule has 1 saturated heterocycles. The molecule has 1 aliphatic heterocycles. The highest BCUT2D eigenvalue weighted by Crippen LogP contribution is 2.26. The maximum Gasteiger partial charge on any atom is 0.167 e. The van der Waals surface area contributed by atoms with Gasteiger partial charge in [0.05, 0.1) is 23.6 Å². The lowest BCUT2D eigenvalue weighted by Gasteiger charge is -2.18. The Kier molecular flexibility index (Phi) is 6.20. The van der Waals surface area contributed by atoms with E-state index >= 15 is 0 Å². The van der Waals surface area contributed by atoms with Gasteiger partial charge in [0.2, 0.25) is 0 Å². The normalized spacial score (nSPS) is 18.5. The summed E-state index contributed by atoms with van der Waals surface area (Å²) in [4.78, 5) is 6.07. The minimum Gasteiger partial charge on any atom is -0.488 e. The summed E-state index contributed by atoms with van der Waals surface area (Å²) in [5.74, 6) is 0.00843. The number of aliphatic hydroxyl groups excluding tert-OH is 1. The Morgan fingerprint density at radius 1 is 1.50 bits per heavy atom. The van der Waals surface area contributed by atoms with E-state index < -0.39 is 11.9 Å². The van der Waals surface area contributed by atoms with E-state index in [-0.39, 0.29) is 34.5 Å². The molecule has 0 bridgehead atoms. The van der Waals surface area contributed by atoms with Crippen molar-refractivity contribution in [2.45, 2.75) is 32.5 Å². The number of aliphatic hydroxyl groups is 1. The van der Waals surface area contributed by atoms with E-state index in [2.05, 4.69) is 4.99 Å². The summed E-state index contributed by atoms with van der Waals surface area (Å²) in [6, 6.07) is 2.51. The number of hydrogen-bond acceptors (Lipinski definition) is 6. The monoisotopic (exact) mass is 363 g/mol. The third kappa shape index (κ3) is 4.51. The number of nitrogens with one attached hydrogen (secondary N) is 1. The zero-order valence-electron chi connectivity index (χ0n) is 15.3. The lowest BCUT2D eigenvalue weighted by atomic mass is 10.0. The molecule has 1 fully saturated rings. The van der Waals surface area contributed by atoms with Gasteiger partial charge in [0.1, 0.15) is 5.84 Å². The molecule has 0 unspecified atom stereocenters. The van der Waals surface area contributed by atoms with Gasteiger partial charge >= 0.3 is 0 Å². The van der Waals surface area contributed by atoms with Crippen LogP contribution in [0.25, 0.3) is 0 Å². The fourth-order valence-electron chi connectivity index (χ4n) is 2.74. The standard InChI is InChI=1S/C18H26FN5O2/c1-10(2)26-16-6-12(14(20)7-13(16)19)18(22)15(21)8-17(23-3)24-5-4-11(25)9-24/h6-8,10-11,22,25H,4-5,9,20-21H2,1-3H3/t11-/m1/s1. The molecular formula is C18H26FN5O2. The summed E-state index contributed by atoms with van der Waals surface area (Å²) in [7, 11) is 1.62. The van der Waals surface area contributed by atoms with Crippen LogP contribution in [-0.2, 0) is 0 Å². The van der Waals surface area contributed by atoms with E-state index in [1.807, 2.05) is 4.90 Å². The maximum atomic E-state index is 14.0. The van der Waals surface area contributed by atoms with Crippen LogP contribution in [0.5, 0.6) is 5.75 Å². The van der Waals surface area contributed by atoms with E-state index in [4.69, 9.17) is 21.6 Å². The van der Waals surface area contributed by atoms with E-state index in [0.29, 0.717) is 25.3 Å². The molecule has 0 radical (unpaired) electrons. The highest BCUT2D eigenvalue weighted by Gasteiger charge is 2.23. The van der Waals surface area contributed by atoms with E-state index in [1.165, 1.54) is 6.07 Å². The first-order valence-corrected chi connectivity index (χ1v) is 8.44. The van der Waals surface area contributed by atoms with Gasteiger partial charge in [-0.05, 0) is 26.3 Å². The number of nitrogens with two attached hydrogens (primary N) is 2. The van der Waals surface area contributed by atoms with Crippen LogP contribution in [0.1, 0.15) is 25.8 Å². The Bertz CT molecular complexity index is 745. The SMILES string of the molecule is CN=C(C=C(N)C(=N)c1cc(OC(C)C)c(F)cc1N)N1CC[C@@H](O)C1. The lowest BCUT2D eigenvalue weighted by Crippen LogP contribution is -2.29. The molecule has 1 aliphatic rings. The number of anilines is 1. The van der Waals surface area contributed by atoms with E-state index in [9.17, 15) is 9.50 Å². The van der Waals surface area contributed by atoms with Crippen molar-refractivity contribution in [2.24, 2.45) is 10.7 Å². The molecule has 142 valence electrons. The Morgan fingerprint density at radius 2 is 2.19 bits per heavy atom. The summed E-state index contributed by atoms with van der Waals surface area (Å²) in [5, 5.41) is 18.0. The van der Waals surface area contributed by atoms with Crippen LogP contribution in [0.4, 0.5) is 10.1 Å². The highest BCUT2D eigenvalue weighted by atomic mass is 19.1. The van der Waals surface area contributed by atoms with Crippen molar-refractivity contribution in [3.63, 3.8) is 0 Å². The largest absolute Gasteiger partial charge is 0.488 e. The van der Waals surface area contributed by atoms with Crippen LogP contribution in [0, 0.1) is 11.2 Å². The molecule has 0 aromatic heterocycles. The van der Waals surface area contributed by atoms with Gasteiger partial charge in [-0.3, -0.25) is 10.4 Å². The summed E-state index contributed by atoms with van der Waals surface area (Å²) in [5.41, 5.74) is 12.4. The highest BCUT2D eigenvalue weighted by molar-refractivity contribution is 6.15. The number of ether oxygens (including phenoxy) is 1. The molecule has 2 rings (SSSR count). The van der Waals surface area contributed by atoms with Gasteiger partial charge in [0.15, 0.2) is 11.6 Å². The number of nitrogen functional groups attached to an aromatic ring is 1. The third-order valence-electron chi connectivity index (χ3n) is 4.03. The fraction of sp³-hybridized carbons (Fsp3) is 0.444. The topological polar surface area (TPSA) is 121 Å². The molecular weight excluding hydrogens is 337 g/mol. The lowest BCUT2D eigenvalue weighted by molar-refractivity contribution is 0.188. The minimum atomic E-state index is -0.586. The number of β-amino-alcohol motifs (C(OH)–C–C–N with tert-alkyl or cyclic N) is 1. The quantitative estimate of drug-likeness (QED) is 0.359. The van der Waals surface area contributed by atoms with Crippen LogP contribution < -0.4 is 16.2 Å². The first kappa shape index (κ1) is 19.7. The predicted octanol–water partition coefficient (Wildman–Crippen LogP) is 1.50. The van der Waals surface area contributed by atoms with Crippen LogP contribution >= 0.6 is 0 Å². The average molecular weight is 363 g/mol. The van der Waals surface area contributed by atoms with Gasteiger partial charge in [-0.1, -0.05) is 0 Å². The Hall–Kier alpha value is -2.61. The molecule has 6 N–H and O–H groups in total. The Morgan fingerprint density at radius 3 is 2.73 bits per heavy atom. The summed E-state index contributed by atoms with van der Waals surface area (Å²) in [6.45, 7) is 4.69. The number of aliphatic imine (C=N–C) groups is 1.